The summed E-state index contributed by atoms with van der Waals surface area (Å²) in [5, 5.41) is 0.0837. The topological polar surface area (TPSA) is 22.4 Å². The van der Waals surface area contributed by atoms with Crippen LogP contribution in [0.2, 0.25) is 5.02 Å². The summed E-state index contributed by atoms with van der Waals surface area (Å²) in [6.07, 6.45) is 1.56. The van der Waals surface area contributed by atoms with Gasteiger partial charge in [0.05, 0.1) is 11.3 Å². The Morgan fingerprint density at radius 2 is 2.20 bits per heavy atom. The van der Waals surface area contributed by atoms with Crippen molar-refractivity contribution in [1.82, 2.24) is 0 Å². The summed E-state index contributed by atoms with van der Waals surface area (Å²) >= 11 is 5.53. The average molecular weight is 227 g/mol. The van der Waals surface area contributed by atoms with E-state index in [2.05, 4.69) is 0 Å². The Morgan fingerprint density at radius 3 is 2.87 bits per heavy atom. The van der Waals surface area contributed by atoms with Crippen molar-refractivity contribution >= 4 is 11.6 Å². The summed E-state index contributed by atoms with van der Waals surface area (Å²) in [5.74, 6) is 0.618. The zero-order valence-electron chi connectivity index (χ0n) is 7.74. The molecular weight excluding hydrogens is 219 g/mol. The van der Waals surface area contributed by atoms with Gasteiger partial charge in [0, 0.05) is 6.07 Å². The second-order valence-electron chi connectivity index (χ2n) is 2.94. The summed E-state index contributed by atoms with van der Waals surface area (Å²) in [7, 11) is 0. The molecule has 2 aromatic rings. The van der Waals surface area contributed by atoms with Gasteiger partial charge < -0.3 is 9.15 Å². The number of ether oxygens (including phenoxy) is 1. The molecule has 4 heteroatoms. The van der Waals surface area contributed by atoms with Crippen molar-refractivity contribution < 1.29 is 13.5 Å². The Kier molecular flexibility index (Phi) is 2.92. The minimum Gasteiger partial charge on any atom is -0.486 e. The molecule has 1 aromatic carbocycles. The lowest BCUT2D eigenvalue weighted by Crippen LogP contribution is -1.94. The first-order valence-corrected chi connectivity index (χ1v) is 4.74. The van der Waals surface area contributed by atoms with Crippen molar-refractivity contribution in [3.05, 3.63) is 53.2 Å². The van der Waals surface area contributed by atoms with Crippen molar-refractivity contribution in [2.24, 2.45) is 0 Å². The standard InChI is InChI=1S/C11H8ClFO2/c12-10-4-3-8(6-11(10)13)15-7-9-2-1-5-14-9/h1-6H,7H2. The SMILES string of the molecule is Fc1cc(OCc2ccco2)ccc1Cl. The van der Waals surface area contributed by atoms with Crippen LogP contribution in [0.5, 0.6) is 5.75 Å². The van der Waals surface area contributed by atoms with Gasteiger partial charge in [-0.25, -0.2) is 4.39 Å². The van der Waals surface area contributed by atoms with Crippen molar-refractivity contribution in [2.45, 2.75) is 6.61 Å². The number of halogens is 2. The molecule has 0 saturated carbocycles. The molecule has 0 aliphatic carbocycles. The van der Waals surface area contributed by atoms with Gasteiger partial charge in [-0.3, -0.25) is 0 Å². The number of furan rings is 1. The monoisotopic (exact) mass is 226 g/mol. The molecule has 0 N–H and O–H groups in total. The Balaban J connectivity index is 2.02. The summed E-state index contributed by atoms with van der Waals surface area (Å²) in [6.45, 7) is 0.272. The third kappa shape index (κ3) is 2.50. The van der Waals surface area contributed by atoms with Gasteiger partial charge in [0.25, 0.3) is 0 Å². The molecule has 1 heterocycles. The minimum absolute atomic E-state index is 0.0837. The molecule has 1 aromatic heterocycles. The van der Waals surface area contributed by atoms with Gasteiger partial charge in [-0.05, 0) is 24.3 Å². The third-order valence-corrected chi connectivity index (χ3v) is 2.16. The maximum Gasteiger partial charge on any atom is 0.146 e. The second-order valence-corrected chi connectivity index (χ2v) is 3.35. The van der Waals surface area contributed by atoms with E-state index in [1.807, 2.05) is 0 Å². The summed E-state index contributed by atoms with van der Waals surface area (Å²) in [5.41, 5.74) is 0. The Labute approximate surface area is 91.2 Å². The van der Waals surface area contributed by atoms with Crippen LogP contribution >= 0.6 is 11.6 Å². The van der Waals surface area contributed by atoms with Crippen LogP contribution in [0.15, 0.2) is 41.0 Å². The lowest BCUT2D eigenvalue weighted by Gasteiger charge is -2.04. The average Bonchev–Trinajstić information content (AvgIpc) is 2.73. The third-order valence-electron chi connectivity index (χ3n) is 1.85. The van der Waals surface area contributed by atoms with Crippen LogP contribution in [0.1, 0.15) is 5.76 Å². The van der Waals surface area contributed by atoms with Crippen LogP contribution in [0.3, 0.4) is 0 Å². The minimum atomic E-state index is -0.492. The van der Waals surface area contributed by atoms with Gasteiger partial charge in [-0.1, -0.05) is 11.6 Å². The molecule has 0 atom stereocenters. The van der Waals surface area contributed by atoms with E-state index in [1.54, 1.807) is 24.5 Å². The number of hydrogen-bond donors (Lipinski definition) is 0. The molecule has 0 bridgehead atoms. The molecule has 0 aliphatic rings. The highest BCUT2D eigenvalue weighted by atomic mass is 35.5. The van der Waals surface area contributed by atoms with E-state index < -0.39 is 5.82 Å². The molecular formula is C11H8ClFO2. The fourth-order valence-electron chi connectivity index (χ4n) is 1.12. The van der Waals surface area contributed by atoms with Crippen LogP contribution in [0, 0.1) is 5.82 Å². The van der Waals surface area contributed by atoms with E-state index in [1.165, 1.54) is 12.1 Å². The zero-order chi connectivity index (χ0) is 10.7. The van der Waals surface area contributed by atoms with Crippen molar-refractivity contribution in [3.63, 3.8) is 0 Å². The quantitative estimate of drug-likeness (QED) is 0.797. The molecule has 0 fully saturated rings. The van der Waals surface area contributed by atoms with E-state index in [0.717, 1.165) is 0 Å². The lowest BCUT2D eigenvalue weighted by atomic mass is 10.3. The lowest BCUT2D eigenvalue weighted by molar-refractivity contribution is 0.269. The van der Waals surface area contributed by atoms with Crippen molar-refractivity contribution in [1.29, 1.82) is 0 Å². The van der Waals surface area contributed by atoms with Gasteiger partial charge in [0.15, 0.2) is 0 Å². The number of benzene rings is 1. The molecule has 0 radical (unpaired) electrons. The van der Waals surface area contributed by atoms with Gasteiger partial charge in [-0.2, -0.15) is 0 Å². The number of hydrogen-bond acceptors (Lipinski definition) is 2. The van der Waals surface area contributed by atoms with Gasteiger partial charge in [-0.15, -0.1) is 0 Å². The van der Waals surface area contributed by atoms with Crippen LogP contribution < -0.4 is 4.74 Å². The van der Waals surface area contributed by atoms with Gasteiger partial charge in [0.1, 0.15) is 23.9 Å². The van der Waals surface area contributed by atoms with Gasteiger partial charge >= 0.3 is 0 Å². The van der Waals surface area contributed by atoms with E-state index in [0.29, 0.717) is 11.5 Å². The first-order chi connectivity index (χ1) is 7.25. The Bertz CT molecular complexity index is 440. The Morgan fingerprint density at radius 1 is 1.33 bits per heavy atom. The normalized spacial score (nSPS) is 10.3. The highest BCUT2D eigenvalue weighted by Gasteiger charge is 2.02. The molecule has 2 rings (SSSR count). The van der Waals surface area contributed by atoms with Crippen LogP contribution in [-0.2, 0) is 6.61 Å². The van der Waals surface area contributed by atoms with Crippen molar-refractivity contribution in [3.8, 4) is 5.75 Å². The molecule has 0 unspecified atom stereocenters. The highest BCUT2D eigenvalue weighted by Crippen LogP contribution is 2.21. The maximum absolute atomic E-state index is 13.0. The largest absolute Gasteiger partial charge is 0.486 e. The molecule has 15 heavy (non-hydrogen) atoms. The van der Waals surface area contributed by atoms with Crippen LogP contribution in [0.4, 0.5) is 4.39 Å². The molecule has 0 amide bonds. The zero-order valence-corrected chi connectivity index (χ0v) is 8.50. The Hall–Kier alpha value is -1.48. The fourth-order valence-corrected chi connectivity index (χ4v) is 1.23. The first-order valence-electron chi connectivity index (χ1n) is 4.36. The second kappa shape index (κ2) is 4.36. The predicted molar refractivity (Wildman–Crippen MR) is 54.5 cm³/mol. The summed E-state index contributed by atoms with van der Waals surface area (Å²) in [4.78, 5) is 0. The van der Waals surface area contributed by atoms with E-state index in [9.17, 15) is 4.39 Å². The summed E-state index contributed by atoms with van der Waals surface area (Å²) < 4.78 is 23.4. The molecule has 78 valence electrons. The van der Waals surface area contributed by atoms with Crippen molar-refractivity contribution in [2.75, 3.05) is 0 Å². The molecule has 2 nitrogen and oxygen atoms in total. The number of rotatable bonds is 3. The van der Waals surface area contributed by atoms with Gasteiger partial charge in [0.2, 0.25) is 0 Å². The predicted octanol–water partition coefficient (Wildman–Crippen LogP) is 3.65. The van der Waals surface area contributed by atoms with E-state index in [4.69, 9.17) is 20.8 Å². The molecule has 0 spiro atoms. The van der Waals surface area contributed by atoms with Crippen LogP contribution in [-0.4, -0.2) is 0 Å². The van der Waals surface area contributed by atoms with E-state index >= 15 is 0 Å². The first kappa shape index (κ1) is 10.1. The van der Waals surface area contributed by atoms with E-state index in [-0.39, 0.29) is 11.6 Å². The molecule has 0 aliphatic heterocycles. The fraction of sp³-hybridized carbons (Fsp3) is 0.0909. The highest BCUT2D eigenvalue weighted by molar-refractivity contribution is 6.30. The maximum atomic E-state index is 13.0. The summed E-state index contributed by atoms with van der Waals surface area (Å²) in [6, 6.07) is 7.85. The molecule has 0 saturated heterocycles. The van der Waals surface area contributed by atoms with Crippen LogP contribution in [0.25, 0.3) is 0 Å². The smallest absolute Gasteiger partial charge is 0.146 e.